The number of likely N-dealkylation sites (N-methyl/N-ethyl adjacent to an activating group) is 1. The zero-order valence-electron chi connectivity index (χ0n) is 15.4. The van der Waals surface area contributed by atoms with Crippen LogP contribution >= 0.6 is 0 Å². The first-order chi connectivity index (χ1) is 11.1. The Labute approximate surface area is 142 Å². The molecule has 1 aliphatic heterocycles. The Morgan fingerprint density at radius 1 is 1.09 bits per heavy atom. The lowest BCUT2D eigenvalue weighted by atomic mass is 10.0. The lowest BCUT2D eigenvalue weighted by Crippen LogP contribution is -2.52. The fraction of sp³-hybridized carbons (Fsp3) is 0.944. The third-order valence-corrected chi connectivity index (χ3v) is 5.43. The molecule has 5 nitrogen and oxygen atoms in total. The van der Waals surface area contributed by atoms with Crippen molar-refractivity contribution in [1.82, 2.24) is 15.1 Å². The summed E-state index contributed by atoms with van der Waals surface area (Å²) in [6.07, 6.45) is 7.86. The van der Waals surface area contributed by atoms with Crippen molar-refractivity contribution in [1.29, 1.82) is 0 Å². The van der Waals surface area contributed by atoms with Gasteiger partial charge < -0.3 is 16.0 Å². The van der Waals surface area contributed by atoms with Gasteiger partial charge in [0.15, 0.2) is 5.96 Å². The summed E-state index contributed by atoms with van der Waals surface area (Å²) in [5.74, 6) is 1.25. The maximum absolute atomic E-state index is 6.17. The second-order valence-electron chi connectivity index (χ2n) is 7.71. The Kier molecular flexibility index (Phi) is 7.63. The fourth-order valence-corrected chi connectivity index (χ4v) is 3.77. The van der Waals surface area contributed by atoms with Crippen LogP contribution in [0.2, 0.25) is 0 Å². The van der Waals surface area contributed by atoms with E-state index in [4.69, 9.17) is 10.7 Å². The number of nitrogens with two attached hydrogens (primary N) is 1. The summed E-state index contributed by atoms with van der Waals surface area (Å²) in [6.45, 7) is 10.0. The van der Waals surface area contributed by atoms with Crippen LogP contribution in [0.15, 0.2) is 4.99 Å². The second kappa shape index (κ2) is 9.48. The van der Waals surface area contributed by atoms with E-state index in [1.165, 1.54) is 38.5 Å². The molecule has 1 unspecified atom stereocenters. The summed E-state index contributed by atoms with van der Waals surface area (Å²) in [6, 6.07) is 1.03. The highest BCUT2D eigenvalue weighted by Gasteiger charge is 2.24. The van der Waals surface area contributed by atoms with Crippen LogP contribution in [-0.2, 0) is 0 Å². The smallest absolute Gasteiger partial charge is 0.188 e. The van der Waals surface area contributed by atoms with Crippen molar-refractivity contribution in [3.63, 3.8) is 0 Å². The van der Waals surface area contributed by atoms with Gasteiger partial charge in [-0.3, -0.25) is 9.89 Å². The Morgan fingerprint density at radius 3 is 2.26 bits per heavy atom. The summed E-state index contributed by atoms with van der Waals surface area (Å²) < 4.78 is 0. The van der Waals surface area contributed by atoms with E-state index < -0.39 is 0 Å². The molecule has 0 bridgehead atoms. The molecule has 1 atom stereocenters. The van der Waals surface area contributed by atoms with Crippen LogP contribution in [-0.4, -0.2) is 67.6 Å². The molecule has 0 aromatic rings. The van der Waals surface area contributed by atoms with Gasteiger partial charge >= 0.3 is 0 Å². The highest BCUT2D eigenvalue weighted by atomic mass is 15.3. The quantitative estimate of drug-likeness (QED) is 0.461. The summed E-state index contributed by atoms with van der Waals surface area (Å²) in [5, 5.41) is 3.46. The SMILES string of the molecule is CC(C)C(CN=C(N)NC1CCCCCC1)N1CCN(C)CC1. The van der Waals surface area contributed by atoms with Gasteiger partial charge in [0.2, 0.25) is 0 Å². The predicted molar refractivity (Wildman–Crippen MR) is 98.8 cm³/mol. The van der Waals surface area contributed by atoms with Crippen LogP contribution in [0, 0.1) is 5.92 Å². The van der Waals surface area contributed by atoms with Crippen LogP contribution in [0.5, 0.6) is 0 Å². The topological polar surface area (TPSA) is 56.9 Å². The first kappa shape index (κ1) is 18.5. The van der Waals surface area contributed by atoms with Crippen molar-refractivity contribution in [2.24, 2.45) is 16.6 Å². The number of piperazine rings is 1. The maximum Gasteiger partial charge on any atom is 0.188 e. The Morgan fingerprint density at radius 2 is 1.70 bits per heavy atom. The highest BCUT2D eigenvalue weighted by molar-refractivity contribution is 5.78. The normalized spacial score (nSPS) is 24.6. The van der Waals surface area contributed by atoms with Crippen molar-refractivity contribution in [3.8, 4) is 0 Å². The summed E-state index contributed by atoms with van der Waals surface area (Å²) in [7, 11) is 2.20. The van der Waals surface area contributed by atoms with E-state index in [9.17, 15) is 0 Å². The molecule has 2 rings (SSSR count). The zero-order chi connectivity index (χ0) is 16.7. The van der Waals surface area contributed by atoms with Crippen LogP contribution in [0.4, 0.5) is 0 Å². The first-order valence-electron chi connectivity index (χ1n) is 9.55. The van der Waals surface area contributed by atoms with Crippen molar-refractivity contribution in [3.05, 3.63) is 0 Å². The van der Waals surface area contributed by atoms with Crippen LogP contribution in [0.3, 0.4) is 0 Å². The van der Waals surface area contributed by atoms with E-state index in [1.807, 2.05) is 0 Å². The van der Waals surface area contributed by atoms with Gasteiger partial charge in [-0.1, -0.05) is 39.5 Å². The van der Waals surface area contributed by atoms with Gasteiger partial charge in [0, 0.05) is 38.3 Å². The maximum atomic E-state index is 6.17. The molecule has 0 aromatic heterocycles. The van der Waals surface area contributed by atoms with E-state index >= 15 is 0 Å². The summed E-state index contributed by atoms with van der Waals surface area (Å²) >= 11 is 0. The lowest BCUT2D eigenvalue weighted by molar-refractivity contribution is 0.0925. The minimum Gasteiger partial charge on any atom is -0.370 e. The molecule has 0 spiro atoms. The third kappa shape index (κ3) is 6.30. The molecule has 0 amide bonds. The summed E-state index contributed by atoms with van der Waals surface area (Å²) in [4.78, 5) is 9.69. The minimum absolute atomic E-state index is 0.498. The molecule has 2 fully saturated rings. The molecule has 1 aliphatic carbocycles. The molecule has 1 saturated carbocycles. The van der Waals surface area contributed by atoms with Crippen LogP contribution < -0.4 is 11.1 Å². The summed E-state index contributed by atoms with van der Waals surface area (Å²) in [5.41, 5.74) is 6.17. The molecule has 2 aliphatic rings. The second-order valence-corrected chi connectivity index (χ2v) is 7.71. The van der Waals surface area contributed by atoms with E-state index in [0.717, 1.165) is 32.7 Å². The van der Waals surface area contributed by atoms with Crippen molar-refractivity contribution in [2.75, 3.05) is 39.8 Å². The molecular weight excluding hydrogens is 286 g/mol. The number of nitrogens with one attached hydrogen (secondary N) is 1. The van der Waals surface area contributed by atoms with Gasteiger partial charge in [0.05, 0.1) is 6.54 Å². The zero-order valence-corrected chi connectivity index (χ0v) is 15.4. The van der Waals surface area contributed by atoms with Crippen molar-refractivity contribution >= 4 is 5.96 Å². The molecule has 5 heteroatoms. The van der Waals surface area contributed by atoms with E-state index in [0.29, 0.717) is 24.0 Å². The molecule has 3 N–H and O–H groups in total. The predicted octanol–water partition coefficient (Wildman–Crippen LogP) is 1.89. The third-order valence-electron chi connectivity index (χ3n) is 5.43. The van der Waals surface area contributed by atoms with Gasteiger partial charge in [-0.15, -0.1) is 0 Å². The Balaban J connectivity index is 1.83. The minimum atomic E-state index is 0.498. The number of aliphatic imine (C=N–C) groups is 1. The molecule has 23 heavy (non-hydrogen) atoms. The first-order valence-corrected chi connectivity index (χ1v) is 9.55. The number of guanidine groups is 1. The largest absolute Gasteiger partial charge is 0.370 e. The van der Waals surface area contributed by atoms with Gasteiger partial charge in [-0.25, -0.2) is 0 Å². The molecule has 1 saturated heterocycles. The average molecular weight is 324 g/mol. The average Bonchev–Trinajstić information content (AvgIpc) is 2.77. The standard InChI is InChI=1S/C18H37N5/c1-15(2)17(23-12-10-22(3)11-13-23)14-20-18(19)21-16-8-6-4-5-7-9-16/h15-17H,4-14H2,1-3H3,(H3,19,20,21). The fourth-order valence-electron chi connectivity index (χ4n) is 3.77. The molecule has 0 radical (unpaired) electrons. The van der Waals surface area contributed by atoms with Gasteiger partial charge in [0.25, 0.3) is 0 Å². The van der Waals surface area contributed by atoms with E-state index in [-0.39, 0.29) is 0 Å². The van der Waals surface area contributed by atoms with Crippen molar-refractivity contribution < 1.29 is 0 Å². The van der Waals surface area contributed by atoms with E-state index in [2.05, 4.69) is 36.0 Å². The molecule has 134 valence electrons. The highest BCUT2D eigenvalue weighted by Crippen LogP contribution is 2.17. The molecule has 1 heterocycles. The van der Waals surface area contributed by atoms with Crippen molar-refractivity contribution in [2.45, 2.75) is 64.5 Å². The molecule has 0 aromatic carbocycles. The van der Waals surface area contributed by atoms with E-state index in [1.54, 1.807) is 0 Å². The monoisotopic (exact) mass is 323 g/mol. The van der Waals surface area contributed by atoms with Gasteiger partial charge in [0.1, 0.15) is 0 Å². The van der Waals surface area contributed by atoms with Crippen LogP contribution in [0.1, 0.15) is 52.4 Å². The number of rotatable bonds is 5. The Hall–Kier alpha value is -0.810. The van der Waals surface area contributed by atoms with Gasteiger partial charge in [-0.05, 0) is 25.8 Å². The Bertz CT molecular complexity index is 352. The number of hydrogen-bond donors (Lipinski definition) is 2. The lowest BCUT2D eigenvalue weighted by Gasteiger charge is -2.39. The van der Waals surface area contributed by atoms with Crippen LogP contribution in [0.25, 0.3) is 0 Å². The number of hydrogen-bond acceptors (Lipinski definition) is 3. The van der Waals surface area contributed by atoms with Gasteiger partial charge in [-0.2, -0.15) is 0 Å². The number of nitrogens with zero attached hydrogens (tertiary/aromatic N) is 3. The molecular formula is C18H37N5.